The van der Waals surface area contributed by atoms with Gasteiger partial charge >= 0.3 is 5.91 Å². The molecular formula is C12H10Cl2N2O3. The maximum absolute atomic E-state index is 11.2. The molecule has 2 aromatic rings. The van der Waals surface area contributed by atoms with Crippen molar-refractivity contribution in [1.29, 1.82) is 0 Å². The molecule has 5 nitrogen and oxygen atoms in total. The third-order valence-corrected chi connectivity index (χ3v) is 2.89. The number of rotatable bonds is 4. The Hall–Kier alpha value is -1.69. The number of carbonyl (C=O) groups excluding carboxylic acids is 1. The fourth-order valence-corrected chi connectivity index (χ4v) is 1.92. The summed E-state index contributed by atoms with van der Waals surface area (Å²) in [5, 5.41) is 0.804. The third kappa shape index (κ3) is 3.20. The maximum Gasteiger partial charge on any atom is 0.300 e. The quantitative estimate of drug-likeness (QED) is 0.517. The number of nitrogens with one attached hydrogen (secondary N) is 1. The Morgan fingerprint density at radius 3 is 2.58 bits per heavy atom. The van der Waals surface area contributed by atoms with Gasteiger partial charge in [-0.3, -0.25) is 10.2 Å². The van der Waals surface area contributed by atoms with Crippen LogP contribution in [0.3, 0.4) is 0 Å². The van der Waals surface area contributed by atoms with E-state index in [-0.39, 0.29) is 12.4 Å². The first-order valence-corrected chi connectivity index (χ1v) is 6.04. The van der Waals surface area contributed by atoms with Gasteiger partial charge in [0.2, 0.25) is 0 Å². The first kappa shape index (κ1) is 13.7. The highest BCUT2D eigenvalue weighted by Crippen LogP contribution is 2.32. The van der Waals surface area contributed by atoms with Crippen molar-refractivity contribution >= 4 is 29.1 Å². The van der Waals surface area contributed by atoms with Crippen LogP contribution < -0.4 is 16.0 Å². The van der Waals surface area contributed by atoms with E-state index in [0.29, 0.717) is 21.6 Å². The second-order valence-electron chi connectivity index (χ2n) is 3.58. The van der Waals surface area contributed by atoms with Crippen LogP contribution in [0.2, 0.25) is 10.0 Å². The zero-order chi connectivity index (χ0) is 13.8. The molecule has 100 valence electrons. The Kier molecular flexibility index (Phi) is 4.31. The molecule has 1 heterocycles. The van der Waals surface area contributed by atoms with E-state index in [9.17, 15) is 4.79 Å². The molecule has 1 aromatic heterocycles. The lowest BCUT2D eigenvalue weighted by Gasteiger charge is -2.07. The number of amides is 1. The standard InChI is InChI=1S/C12H10Cl2N2O3/c13-8-2-1-3-9(14)11(8)18-6-7-4-5-10(19-7)12(17)16-15/h1-5H,6,15H2,(H,16,17). The van der Waals surface area contributed by atoms with Crippen LogP contribution >= 0.6 is 23.2 Å². The number of hydrogen-bond acceptors (Lipinski definition) is 4. The van der Waals surface area contributed by atoms with Crippen LogP contribution in [0.5, 0.6) is 5.75 Å². The largest absolute Gasteiger partial charge is 0.483 e. The molecule has 2 rings (SSSR count). The Morgan fingerprint density at radius 2 is 1.95 bits per heavy atom. The van der Waals surface area contributed by atoms with Gasteiger partial charge in [0.1, 0.15) is 12.4 Å². The number of nitrogens with two attached hydrogens (primary N) is 1. The number of hydrazine groups is 1. The van der Waals surface area contributed by atoms with Gasteiger partial charge in [-0.05, 0) is 24.3 Å². The lowest BCUT2D eigenvalue weighted by atomic mass is 10.3. The van der Waals surface area contributed by atoms with E-state index < -0.39 is 5.91 Å². The van der Waals surface area contributed by atoms with E-state index >= 15 is 0 Å². The minimum Gasteiger partial charge on any atom is -0.483 e. The van der Waals surface area contributed by atoms with Crippen LogP contribution in [0.25, 0.3) is 0 Å². The van der Waals surface area contributed by atoms with Crippen molar-refractivity contribution in [1.82, 2.24) is 5.43 Å². The van der Waals surface area contributed by atoms with Gasteiger partial charge in [0, 0.05) is 0 Å². The topological polar surface area (TPSA) is 77.5 Å². The minimum absolute atomic E-state index is 0.0985. The highest BCUT2D eigenvalue weighted by Gasteiger charge is 2.11. The summed E-state index contributed by atoms with van der Waals surface area (Å²) in [6.45, 7) is 0.0985. The van der Waals surface area contributed by atoms with Crippen LogP contribution in [-0.4, -0.2) is 5.91 Å². The first-order chi connectivity index (χ1) is 9.11. The predicted octanol–water partition coefficient (Wildman–Crippen LogP) is 2.77. The molecule has 0 saturated carbocycles. The average Bonchev–Trinajstić information content (AvgIpc) is 2.86. The van der Waals surface area contributed by atoms with Crippen molar-refractivity contribution in [3.05, 3.63) is 51.9 Å². The number of furan rings is 1. The zero-order valence-electron chi connectivity index (χ0n) is 9.65. The number of carbonyl (C=O) groups is 1. The van der Waals surface area contributed by atoms with Gasteiger partial charge in [0.25, 0.3) is 0 Å². The monoisotopic (exact) mass is 300 g/mol. The van der Waals surface area contributed by atoms with E-state index in [1.54, 1.807) is 24.3 Å². The van der Waals surface area contributed by atoms with Gasteiger partial charge < -0.3 is 9.15 Å². The summed E-state index contributed by atoms with van der Waals surface area (Å²) in [7, 11) is 0. The predicted molar refractivity (Wildman–Crippen MR) is 71.2 cm³/mol. The summed E-state index contributed by atoms with van der Waals surface area (Å²) in [4.78, 5) is 11.2. The Labute approximate surface area is 119 Å². The molecule has 0 unspecified atom stereocenters. The van der Waals surface area contributed by atoms with Crippen molar-refractivity contribution in [3.63, 3.8) is 0 Å². The Balaban J connectivity index is 2.07. The summed E-state index contributed by atoms with van der Waals surface area (Å²) in [6.07, 6.45) is 0. The number of hydrogen-bond donors (Lipinski definition) is 2. The van der Waals surface area contributed by atoms with Crippen LogP contribution in [-0.2, 0) is 6.61 Å². The van der Waals surface area contributed by atoms with Gasteiger partial charge in [0.05, 0.1) is 10.0 Å². The van der Waals surface area contributed by atoms with Gasteiger partial charge in [0.15, 0.2) is 11.5 Å². The van der Waals surface area contributed by atoms with Crippen LogP contribution in [0.4, 0.5) is 0 Å². The smallest absolute Gasteiger partial charge is 0.300 e. The summed E-state index contributed by atoms with van der Waals surface area (Å²) in [5.41, 5.74) is 1.97. The molecule has 0 atom stereocenters. The summed E-state index contributed by atoms with van der Waals surface area (Å²) < 4.78 is 10.7. The van der Waals surface area contributed by atoms with Crippen molar-refractivity contribution in [2.75, 3.05) is 0 Å². The molecule has 7 heteroatoms. The highest BCUT2D eigenvalue weighted by molar-refractivity contribution is 6.37. The van der Waals surface area contributed by atoms with Crippen molar-refractivity contribution < 1.29 is 13.9 Å². The number of nitrogen functional groups attached to an aromatic ring is 1. The molecule has 0 aliphatic rings. The van der Waals surface area contributed by atoms with Gasteiger partial charge in [-0.2, -0.15) is 0 Å². The molecule has 19 heavy (non-hydrogen) atoms. The molecule has 3 N–H and O–H groups in total. The first-order valence-electron chi connectivity index (χ1n) is 5.28. The minimum atomic E-state index is -0.512. The van der Waals surface area contributed by atoms with E-state index in [1.165, 1.54) is 6.07 Å². The Bertz CT molecular complexity index is 578. The molecule has 0 radical (unpaired) electrons. The molecular weight excluding hydrogens is 291 g/mol. The second-order valence-corrected chi connectivity index (χ2v) is 4.39. The lowest BCUT2D eigenvalue weighted by Crippen LogP contribution is -2.29. The fourth-order valence-electron chi connectivity index (χ4n) is 1.41. The summed E-state index contributed by atoms with van der Waals surface area (Å²) in [6, 6.07) is 8.15. The van der Waals surface area contributed by atoms with Gasteiger partial charge in [-0.25, -0.2) is 5.84 Å². The van der Waals surface area contributed by atoms with E-state index in [1.807, 2.05) is 5.43 Å². The molecule has 1 amide bonds. The molecule has 0 aliphatic carbocycles. The molecule has 1 aromatic carbocycles. The van der Waals surface area contributed by atoms with Crippen molar-refractivity contribution in [2.45, 2.75) is 6.61 Å². The van der Waals surface area contributed by atoms with Gasteiger partial charge in [-0.1, -0.05) is 29.3 Å². The number of benzene rings is 1. The molecule has 0 bridgehead atoms. The van der Waals surface area contributed by atoms with Gasteiger partial charge in [-0.15, -0.1) is 0 Å². The summed E-state index contributed by atoms with van der Waals surface area (Å²) >= 11 is 11.9. The van der Waals surface area contributed by atoms with E-state index in [4.69, 9.17) is 38.2 Å². The summed E-state index contributed by atoms with van der Waals surface area (Å²) in [5.74, 6) is 5.40. The Morgan fingerprint density at radius 1 is 1.26 bits per heavy atom. The average molecular weight is 301 g/mol. The number of ether oxygens (including phenoxy) is 1. The van der Waals surface area contributed by atoms with E-state index in [2.05, 4.69) is 0 Å². The maximum atomic E-state index is 11.2. The number of halogens is 2. The van der Waals surface area contributed by atoms with Crippen molar-refractivity contribution in [2.24, 2.45) is 5.84 Å². The molecule has 0 fully saturated rings. The zero-order valence-corrected chi connectivity index (χ0v) is 11.2. The fraction of sp³-hybridized carbons (Fsp3) is 0.0833. The lowest BCUT2D eigenvalue weighted by molar-refractivity contribution is 0.0922. The van der Waals surface area contributed by atoms with Crippen LogP contribution in [0.1, 0.15) is 16.3 Å². The second kappa shape index (κ2) is 5.97. The number of para-hydroxylation sites is 1. The molecule has 0 spiro atoms. The van der Waals surface area contributed by atoms with Crippen LogP contribution in [0.15, 0.2) is 34.7 Å². The SMILES string of the molecule is NNC(=O)c1ccc(COc2c(Cl)cccc2Cl)o1. The molecule has 0 saturated heterocycles. The third-order valence-electron chi connectivity index (χ3n) is 2.29. The van der Waals surface area contributed by atoms with Crippen LogP contribution in [0, 0.1) is 0 Å². The van der Waals surface area contributed by atoms with Crippen molar-refractivity contribution in [3.8, 4) is 5.75 Å². The highest BCUT2D eigenvalue weighted by atomic mass is 35.5. The molecule has 0 aliphatic heterocycles. The normalized spacial score (nSPS) is 10.3. The van der Waals surface area contributed by atoms with E-state index in [0.717, 1.165) is 0 Å².